The smallest absolute Gasteiger partial charge is 0.343 e. The molecule has 4 rings (SSSR count). The van der Waals surface area contributed by atoms with Gasteiger partial charge in [-0.25, -0.2) is 9.18 Å². The molecule has 0 aromatic heterocycles. The van der Waals surface area contributed by atoms with E-state index in [4.69, 9.17) is 0 Å². The highest BCUT2D eigenvalue weighted by Gasteiger charge is 2.39. The van der Waals surface area contributed by atoms with Crippen molar-refractivity contribution in [3.8, 4) is 0 Å². The molecule has 2 aromatic carbocycles. The Morgan fingerprint density at radius 3 is 2.21 bits per heavy atom. The van der Waals surface area contributed by atoms with Crippen LogP contribution in [0.4, 0.5) is 35.5 Å². The molecule has 3 atom stereocenters. The SMILES string of the molecule is Cc1cc(F)ccc1C1CC(N2CCN(C)C(=O)C2)CCN1C(=O)NC[C@H](C)c1cc(C(F)(F)F)cc(C(F)(F)F)c1. The van der Waals surface area contributed by atoms with Crippen LogP contribution in [-0.2, 0) is 17.1 Å². The number of rotatable bonds is 5. The molecule has 2 fully saturated rings. The number of hydrogen-bond acceptors (Lipinski definition) is 3. The van der Waals surface area contributed by atoms with Crippen LogP contribution in [0.2, 0.25) is 0 Å². The van der Waals surface area contributed by atoms with Gasteiger partial charge in [0.15, 0.2) is 0 Å². The molecule has 1 N–H and O–H groups in total. The third-order valence-electron chi connectivity index (χ3n) is 8.17. The molecule has 0 radical (unpaired) electrons. The van der Waals surface area contributed by atoms with Gasteiger partial charge >= 0.3 is 18.4 Å². The van der Waals surface area contributed by atoms with E-state index in [0.29, 0.717) is 43.6 Å². The van der Waals surface area contributed by atoms with Crippen LogP contribution in [0.3, 0.4) is 0 Å². The highest BCUT2D eigenvalue weighted by atomic mass is 19.4. The van der Waals surface area contributed by atoms with Crippen LogP contribution in [0.25, 0.3) is 0 Å². The second kappa shape index (κ2) is 12.1. The fraction of sp³-hybridized carbons (Fsp3) is 0.517. The van der Waals surface area contributed by atoms with Crippen LogP contribution in [0.5, 0.6) is 0 Å². The Kier molecular flexibility index (Phi) is 9.10. The van der Waals surface area contributed by atoms with Crippen LogP contribution >= 0.6 is 0 Å². The van der Waals surface area contributed by atoms with E-state index in [1.807, 2.05) is 0 Å². The van der Waals surface area contributed by atoms with Gasteiger partial charge in [-0.2, -0.15) is 26.3 Å². The zero-order valence-corrected chi connectivity index (χ0v) is 23.4. The molecule has 0 aliphatic carbocycles. The molecule has 42 heavy (non-hydrogen) atoms. The summed E-state index contributed by atoms with van der Waals surface area (Å²) in [7, 11) is 1.74. The van der Waals surface area contributed by atoms with Crippen LogP contribution in [-0.4, -0.2) is 72.5 Å². The van der Waals surface area contributed by atoms with E-state index in [9.17, 15) is 40.3 Å². The predicted molar refractivity (Wildman–Crippen MR) is 141 cm³/mol. The van der Waals surface area contributed by atoms with Crippen molar-refractivity contribution in [1.29, 1.82) is 0 Å². The molecule has 2 heterocycles. The summed E-state index contributed by atoms with van der Waals surface area (Å²) in [4.78, 5) is 31.1. The second-order valence-corrected chi connectivity index (χ2v) is 11.1. The molecular weight excluding hydrogens is 569 g/mol. The summed E-state index contributed by atoms with van der Waals surface area (Å²) >= 11 is 0. The van der Waals surface area contributed by atoms with Gasteiger partial charge in [-0.05, 0) is 72.7 Å². The van der Waals surface area contributed by atoms with Crippen molar-refractivity contribution in [2.75, 3.05) is 39.8 Å². The number of benzene rings is 2. The van der Waals surface area contributed by atoms with Crippen molar-refractivity contribution >= 4 is 11.9 Å². The normalized spacial score (nSPS) is 21.4. The van der Waals surface area contributed by atoms with Gasteiger partial charge in [-0.1, -0.05) is 13.0 Å². The zero-order chi connectivity index (χ0) is 31.0. The summed E-state index contributed by atoms with van der Waals surface area (Å²) in [5.74, 6) is -1.30. The largest absolute Gasteiger partial charge is 0.416 e. The number of hydrogen-bond donors (Lipinski definition) is 1. The van der Waals surface area contributed by atoms with E-state index >= 15 is 0 Å². The summed E-state index contributed by atoms with van der Waals surface area (Å²) in [5.41, 5.74) is -1.69. The number of carbonyl (C=O) groups excluding carboxylic acids is 2. The van der Waals surface area contributed by atoms with Gasteiger partial charge in [0.05, 0.1) is 23.7 Å². The number of nitrogens with one attached hydrogen (secondary N) is 1. The Morgan fingerprint density at radius 2 is 1.64 bits per heavy atom. The lowest BCUT2D eigenvalue weighted by Crippen LogP contribution is -2.56. The lowest BCUT2D eigenvalue weighted by molar-refractivity contribution is -0.143. The van der Waals surface area contributed by atoms with Crippen molar-refractivity contribution in [1.82, 2.24) is 20.0 Å². The maximum atomic E-state index is 13.9. The second-order valence-electron chi connectivity index (χ2n) is 11.1. The summed E-state index contributed by atoms with van der Waals surface area (Å²) in [6.45, 7) is 4.73. The third-order valence-corrected chi connectivity index (χ3v) is 8.17. The molecule has 230 valence electrons. The summed E-state index contributed by atoms with van der Waals surface area (Å²) in [5, 5.41) is 2.68. The van der Waals surface area contributed by atoms with Crippen molar-refractivity contribution in [3.63, 3.8) is 0 Å². The van der Waals surface area contributed by atoms with Gasteiger partial charge in [-0.15, -0.1) is 0 Å². The molecule has 2 aliphatic rings. The average Bonchev–Trinajstić information content (AvgIpc) is 2.91. The summed E-state index contributed by atoms with van der Waals surface area (Å²) in [6.07, 6.45) is -8.93. The van der Waals surface area contributed by atoms with Gasteiger partial charge in [0.1, 0.15) is 5.82 Å². The number of amides is 3. The van der Waals surface area contributed by atoms with Crippen LogP contribution in [0, 0.1) is 12.7 Å². The zero-order valence-electron chi connectivity index (χ0n) is 23.4. The average molecular weight is 603 g/mol. The predicted octanol–water partition coefficient (Wildman–Crippen LogP) is 5.96. The standard InChI is InChI=1S/C29H33F7N4O2/c1-17-10-22(30)4-5-24(17)25-14-23(39-9-8-38(3)26(41)16-39)6-7-40(25)27(42)37-15-18(2)19-11-20(28(31,32)33)13-21(12-19)29(34,35)36/h4-5,10-13,18,23,25H,6-9,14-16H2,1-3H3,(H,37,42)/t18-,23?,25?/m0/s1. The Balaban J connectivity index is 1.53. The third kappa shape index (κ3) is 7.16. The molecule has 13 heteroatoms. The van der Waals surface area contributed by atoms with E-state index in [1.54, 1.807) is 29.8 Å². The van der Waals surface area contributed by atoms with Crippen LogP contribution < -0.4 is 5.32 Å². The number of piperidine rings is 1. The molecule has 2 aromatic rings. The van der Waals surface area contributed by atoms with Gasteiger partial charge in [0.2, 0.25) is 5.91 Å². The lowest BCUT2D eigenvalue weighted by Gasteiger charge is -2.45. The number of aryl methyl sites for hydroxylation is 1. The Hall–Kier alpha value is -3.35. The Bertz CT molecular complexity index is 1280. The molecule has 0 bridgehead atoms. The van der Waals surface area contributed by atoms with Gasteiger partial charge in [0, 0.05) is 39.3 Å². The molecule has 2 saturated heterocycles. The number of urea groups is 1. The molecule has 2 unspecified atom stereocenters. The first kappa shape index (κ1) is 31.6. The summed E-state index contributed by atoms with van der Waals surface area (Å²) in [6, 6.07) is 4.63. The minimum atomic E-state index is -4.97. The first-order chi connectivity index (χ1) is 19.5. The highest BCUT2D eigenvalue weighted by Crippen LogP contribution is 2.38. The Morgan fingerprint density at radius 1 is 1.00 bits per heavy atom. The first-order valence-corrected chi connectivity index (χ1v) is 13.6. The number of nitrogens with zero attached hydrogens (tertiary/aromatic N) is 3. The number of likely N-dealkylation sites (N-methyl/N-ethyl adjacent to an activating group) is 1. The Labute approximate surface area is 239 Å². The van der Waals surface area contributed by atoms with E-state index in [-0.39, 0.29) is 43.2 Å². The highest BCUT2D eigenvalue weighted by molar-refractivity contribution is 5.78. The van der Waals surface area contributed by atoms with Gasteiger partial charge in [0.25, 0.3) is 0 Å². The maximum absolute atomic E-state index is 13.9. The molecule has 0 spiro atoms. The maximum Gasteiger partial charge on any atom is 0.416 e. The van der Waals surface area contributed by atoms with Crippen LogP contribution in [0.15, 0.2) is 36.4 Å². The van der Waals surface area contributed by atoms with E-state index in [1.165, 1.54) is 19.1 Å². The van der Waals surface area contributed by atoms with Crippen molar-refractivity contribution in [3.05, 3.63) is 70.0 Å². The summed E-state index contributed by atoms with van der Waals surface area (Å²) < 4.78 is 93.9. The minimum Gasteiger partial charge on any atom is -0.343 e. The van der Waals surface area contributed by atoms with Crippen LogP contribution in [0.1, 0.15) is 59.5 Å². The number of halogens is 7. The van der Waals surface area contributed by atoms with Gasteiger partial charge in [-0.3, -0.25) is 9.69 Å². The van der Waals surface area contributed by atoms with Crippen molar-refractivity contribution < 1.29 is 40.3 Å². The monoisotopic (exact) mass is 602 g/mol. The van der Waals surface area contributed by atoms with E-state index < -0.39 is 47.3 Å². The quantitative estimate of drug-likeness (QED) is 0.430. The topological polar surface area (TPSA) is 55.9 Å². The molecule has 2 aliphatic heterocycles. The lowest BCUT2D eigenvalue weighted by atomic mass is 9.88. The first-order valence-electron chi connectivity index (χ1n) is 13.6. The molecular formula is C29H33F7N4O2. The molecule has 0 saturated carbocycles. The van der Waals surface area contributed by atoms with Crippen molar-refractivity contribution in [2.45, 2.75) is 57.0 Å². The number of carbonyl (C=O) groups is 2. The minimum absolute atomic E-state index is 0.00630. The van der Waals surface area contributed by atoms with E-state index in [0.717, 1.165) is 5.56 Å². The fourth-order valence-electron chi connectivity index (χ4n) is 5.64. The molecule has 3 amide bonds. The number of likely N-dealkylation sites (tertiary alicyclic amines) is 1. The van der Waals surface area contributed by atoms with Gasteiger partial charge < -0.3 is 15.1 Å². The fourth-order valence-corrected chi connectivity index (χ4v) is 5.64. The number of piperazine rings is 1. The molecule has 6 nitrogen and oxygen atoms in total. The van der Waals surface area contributed by atoms with Crippen molar-refractivity contribution in [2.24, 2.45) is 0 Å². The number of alkyl halides is 6. The van der Waals surface area contributed by atoms with E-state index in [2.05, 4.69) is 10.2 Å².